The molecule has 442 valence electrons. The minimum atomic E-state index is -2.07. The lowest BCUT2D eigenvalue weighted by atomic mass is 9.35. The van der Waals surface area contributed by atoms with Crippen molar-refractivity contribution in [2.24, 2.45) is 44.3 Å². The zero-order chi connectivity index (χ0) is 56.3. The fourth-order valence-electron chi connectivity index (χ4n) is 16.0. The molecule has 3 saturated carbocycles. The third-order valence-corrected chi connectivity index (χ3v) is 21.1. The van der Waals surface area contributed by atoms with Gasteiger partial charge in [0.1, 0.15) is 91.6 Å². The summed E-state index contributed by atoms with van der Waals surface area (Å²) in [5.74, 6) is -0.175. The Kier molecular flexibility index (Phi) is 17.2. The van der Waals surface area contributed by atoms with E-state index in [1.54, 1.807) is 0 Å². The van der Waals surface area contributed by atoms with Crippen LogP contribution in [0, 0.1) is 44.3 Å². The van der Waals surface area contributed by atoms with Crippen molar-refractivity contribution in [2.45, 2.75) is 235 Å². The zero-order valence-electron chi connectivity index (χ0n) is 45.2. The summed E-state index contributed by atoms with van der Waals surface area (Å²) in [7, 11) is 0. The van der Waals surface area contributed by atoms with E-state index in [9.17, 15) is 76.6 Å². The average Bonchev–Trinajstić information content (AvgIpc) is 3.45. The Balaban J connectivity index is 1.01. The molecule has 4 heterocycles. The van der Waals surface area contributed by atoms with Crippen LogP contribution in [0.4, 0.5) is 0 Å². The zero-order valence-corrected chi connectivity index (χ0v) is 45.2. The molecule has 23 nitrogen and oxygen atoms in total. The maximum Gasteiger partial charge on any atom is 0.187 e. The second kappa shape index (κ2) is 22.0. The standard InChI is InChI=1S/C54H88O23/c1-23-33(61)43(76-47-41(69)38(66)42(28(20-57)73-47)75-45-39(67)36(64)34(62)26(18-55)71-45)44(77-46-40(68)37(65)35(63)27(19-56)72-46)48(70-23)74-32-11-12-50(4)29(51(32,5)21-58)10-13-52(6)30(50)9-8-24-25-16-49(2,3)14-15-54(25,22-59)31(60)17-53(24,52)7/h8-9,23,26-48,55-69H,10-22H2,1-7H3. The van der Waals surface area contributed by atoms with E-state index in [1.165, 1.54) is 12.5 Å². The molecule has 0 aromatic rings. The first-order chi connectivity index (χ1) is 36.1. The van der Waals surface area contributed by atoms with E-state index in [0.29, 0.717) is 32.1 Å². The first-order valence-electron chi connectivity index (χ1n) is 27.7. The summed E-state index contributed by atoms with van der Waals surface area (Å²) in [5.41, 5.74) is -0.495. The van der Waals surface area contributed by atoms with Gasteiger partial charge in [-0.15, -0.1) is 0 Å². The third-order valence-electron chi connectivity index (χ3n) is 21.1. The lowest BCUT2D eigenvalue weighted by molar-refractivity contribution is -0.403. The molecule has 29 unspecified atom stereocenters. The van der Waals surface area contributed by atoms with Crippen molar-refractivity contribution in [1.29, 1.82) is 0 Å². The Morgan fingerprint density at radius 1 is 0.532 bits per heavy atom. The fraction of sp³-hybridized carbons (Fsp3) is 0.926. The maximum atomic E-state index is 12.2. The van der Waals surface area contributed by atoms with Crippen LogP contribution in [0.15, 0.2) is 23.3 Å². The number of hydrogen-bond donors (Lipinski definition) is 15. The molecule has 15 N–H and O–H groups in total. The van der Waals surface area contributed by atoms with Crippen LogP contribution in [0.1, 0.15) is 99.8 Å². The number of aliphatic hydroxyl groups excluding tert-OH is 15. The number of hydrogen-bond acceptors (Lipinski definition) is 23. The molecule has 5 aliphatic carbocycles. The average molecular weight is 1110 g/mol. The van der Waals surface area contributed by atoms with Gasteiger partial charge in [-0.25, -0.2) is 0 Å². The van der Waals surface area contributed by atoms with E-state index in [0.717, 1.165) is 24.8 Å². The van der Waals surface area contributed by atoms with Crippen LogP contribution in [0.2, 0.25) is 0 Å². The van der Waals surface area contributed by atoms with Crippen LogP contribution in [0.25, 0.3) is 0 Å². The molecule has 4 aliphatic heterocycles. The van der Waals surface area contributed by atoms with Gasteiger partial charge in [0.25, 0.3) is 0 Å². The molecule has 77 heavy (non-hydrogen) atoms. The summed E-state index contributed by atoms with van der Waals surface area (Å²) < 4.78 is 49.0. The van der Waals surface area contributed by atoms with E-state index in [1.807, 2.05) is 6.92 Å². The maximum absolute atomic E-state index is 12.2. The van der Waals surface area contributed by atoms with Crippen LogP contribution in [0.5, 0.6) is 0 Å². The number of rotatable bonds is 13. The molecule has 0 spiro atoms. The number of aliphatic hydroxyl groups is 15. The highest BCUT2D eigenvalue weighted by molar-refractivity contribution is 5.47. The van der Waals surface area contributed by atoms with Crippen LogP contribution < -0.4 is 0 Å². The highest BCUT2D eigenvalue weighted by Crippen LogP contribution is 2.74. The first-order valence-corrected chi connectivity index (χ1v) is 27.7. The van der Waals surface area contributed by atoms with Gasteiger partial charge in [-0.3, -0.25) is 0 Å². The quantitative estimate of drug-likeness (QED) is 0.0836. The summed E-state index contributed by atoms with van der Waals surface area (Å²) in [6, 6.07) is 0. The van der Waals surface area contributed by atoms with Gasteiger partial charge in [-0.05, 0) is 91.9 Å². The summed E-state index contributed by atoms with van der Waals surface area (Å²) >= 11 is 0. The SMILES string of the molecule is CC1OC(OC2CCC3(C)C(CCC4(C)C3C=CC3=C5CC(C)(C)CCC5(CO)C(O)CC34C)C2(C)CO)C(OC2OC(CO)C(O)C(O)C2O)C(OC2OC(CO)C(OC3OC(CO)C(O)C(O)C3O)C(O)C2O)C1O. The van der Waals surface area contributed by atoms with Gasteiger partial charge >= 0.3 is 0 Å². The van der Waals surface area contributed by atoms with Crippen molar-refractivity contribution in [3.63, 3.8) is 0 Å². The predicted molar refractivity (Wildman–Crippen MR) is 264 cm³/mol. The molecule has 9 rings (SSSR count). The van der Waals surface area contributed by atoms with E-state index >= 15 is 0 Å². The molecule has 23 heteroatoms. The highest BCUT2D eigenvalue weighted by Gasteiger charge is 2.69. The van der Waals surface area contributed by atoms with Crippen LogP contribution in [-0.4, -0.2) is 245 Å². The Morgan fingerprint density at radius 3 is 1.64 bits per heavy atom. The minimum absolute atomic E-state index is 0.00342. The van der Waals surface area contributed by atoms with Gasteiger partial charge in [0.15, 0.2) is 25.2 Å². The van der Waals surface area contributed by atoms with Crippen molar-refractivity contribution >= 4 is 0 Å². The molecular weight excluding hydrogens is 1020 g/mol. The molecule has 29 atom stereocenters. The monoisotopic (exact) mass is 1100 g/mol. The summed E-state index contributed by atoms with van der Waals surface area (Å²) in [6.07, 6.45) is -26.4. The summed E-state index contributed by atoms with van der Waals surface area (Å²) in [6.45, 7) is 11.9. The van der Waals surface area contributed by atoms with Gasteiger partial charge in [0, 0.05) is 16.2 Å². The van der Waals surface area contributed by atoms with Crippen LogP contribution >= 0.6 is 0 Å². The molecule has 0 bridgehead atoms. The molecule has 0 aromatic carbocycles. The van der Waals surface area contributed by atoms with E-state index in [2.05, 4.69) is 46.8 Å². The Bertz CT molecular complexity index is 2130. The smallest absolute Gasteiger partial charge is 0.187 e. The summed E-state index contributed by atoms with van der Waals surface area (Å²) in [4.78, 5) is 0. The number of fused-ring (bicyclic) bond motifs is 6. The highest BCUT2D eigenvalue weighted by atomic mass is 16.8. The molecule has 0 radical (unpaired) electrons. The Labute approximate surface area is 448 Å². The second-order valence-electron chi connectivity index (χ2n) is 25.9. The molecule has 0 amide bonds. The molecular formula is C54H88O23. The van der Waals surface area contributed by atoms with Gasteiger partial charge in [0.2, 0.25) is 0 Å². The van der Waals surface area contributed by atoms with E-state index in [-0.39, 0.29) is 35.9 Å². The van der Waals surface area contributed by atoms with Gasteiger partial charge in [0.05, 0.1) is 51.3 Å². The molecule has 9 aliphatic rings. The van der Waals surface area contributed by atoms with Crippen molar-refractivity contribution in [2.75, 3.05) is 33.0 Å². The Morgan fingerprint density at radius 2 is 1.08 bits per heavy atom. The topological polar surface area (TPSA) is 377 Å². The van der Waals surface area contributed by atoms with Crippen molar-refractivity contribution in [1.82, 2.24) is 0 Å². The second-order valence-corrected chi connectivity index (χ2v) is 25.9. The Hall–Kier alpha value is -1.44. The number of ether oxygens (including phenoxy) is 8. The lowest BCUT2D eigenvalue weighted by Gasteiger charge is -2.70. The normalized spacial score (nSPS) is 54.7. The minimum Gasteiger partial charge on any atom is -0.396 e. The fourth-order valence-corrected chi connectivity index (χ4v) is 16.0. The van der Waals surface area contributed by atoms with Crippen LogP contribution in [0.3, 0.4) is 0 Å². The van der Waals surface area contributed by atoms with Crippen LogP contribution in [-0.2, 0) is 37.9 Å². The first kappa shape index (κ1) is 60.2. The number of allylic oxidation sites excluding steroid dienone is 3. The van der Waals surface area contributed by atoms with Crippen molar-refractivity contribution < 1.29 is 114 Å². The predicted octanol–water partition coefficient (Wildman–Crippen LogP) is -2.67. The van der Waals surface area contributed by atoms with E-state index < -0.39 is 177 Å². The largest absolute Gasteiger partial charge is 0.396 e. The van der Waals surface area contributed by atoms with Gasteiger partial charge in [-0.1, -0.05) is 59.3 Å². The molecule has 0 aromatic heterocycles. The van der Waals surface area contributed by atoms with Crippen molar-refractivity contribution in [3.8, 4) is 0 Å². The third kappa shape index (κ3) is 9.66. The molecule has 7 fully saturated rings. The van der Waals surface area contributed by atoms with Gasteiger partial charge < -0.3 is 114 Å². The molecule has 4 saturated heterocycles. The van der Waals surface area contributed by atoms with Gasteiger partial charge in [-0.2, -0.15) is 0 Å². The van der Waals surface area contributed by atoms with E-state index in [4.69, 9.17) is 37.9 Å². The summed E-state index contributed by atoms with van der Waals surface area (Å²) in [5, 5.41) is 165. The van der Waals surface area contributed by atoms with Crippen molar-refractivity contribution in [3.05, 3.63) is 23.3 Å². The lowest BCUT2D eigenvalue weighted by Crippen LogP contribution is -2.68.